The minimum Gasteiger partial charge on any atom is -0.493 e. The number of benzene rings is 3. The van der Waals surface area contributed by atoms with E-state index in [1.54, 1.807) is 42.5 Å². The van der Waals surface area contributed by atoms with E-state index < -0.39 is 16.7 Å². The molecule has 0 atom stereocenters. The number of non-ortho nitro benzene ring substituents is 1. The molecule has 1 saturated heterocycles. The molecule has 1 aliphatic rings. The summed E-state index contributed by atoms with van der Waals surface area (Å²) in [4.78, 5) is 37.5. The molecule has 1 fully saturated rings. The van der Waals surface area contributed by atoms with E-state index in [2.05, 4.69) is 21.2 Å². The van der Waals surface area contributed by atoms with E-state index in [1.807, 2.05) is 0 Å². The Morgan fingerprint density at radius 1 is 1.16 bits per heavy atom. The van der Waals surface area contributed by atoms with Gasteiger partial charge in [0.15, 0.2) is 16.6 Å². The topological polar surface area (TPSA) is 111 Å². The third kappa shape index (κ3) is 5.65. The van der Waals surface area contributed by atoms with Crippen LogP contribution in [-0.2, 0) is 16.2 Å². The molecule has 2 amide bonds. The number of anilines is 1. The number of hydrogen-bond acceptors (Lipinski definition) is 7. The first-order chi connectivity index (χ1) is 18.1. The maximum Gasteiger partial charge on any atom is 0.270 e. The van der Waals surface area contributed by atoms with E-state index in [9.17, 15) is 19.7 Å². The summed E-state index contributed by atoms with van der Waals surface area (Å²) in [7, 11) is 1.44. The van der Waals surface area contributed by atoms with Crippen molar-refractivity contribution in [2.75, 3.05) is 12.0 Å². The highest BCUT2D eigenvalue weighted by Gasteiger charge is 2.35. The van der Waals surface area contributed by atoms with Crippen LogP contribution in [0.1, 0.15) is 11.1 Å². The fourth-order valence-electron chi connectivity index (χ4n) is 3.54. The Labute approximate surface area is 240 Å². The van der Waals surface area contributed by atoms with E-state index in [0.29, 0.717) is 27.1 Å². The van der Waals surface area contributed by atoms with Crippen molar-refractivity contribution in [2.45, 2.75) is 6.61 Å². The van der Waals surface area contributed by atoms with E-state index >= 15 is 0 Å². The van der Waals surface area contributed by atoms with Crippen molar-refractivity contribution in [3.05, 3.63) is 95.9 Å². The van der Waals surface area contributed by atoms with Gasteiger partial charge in [0, 0.05) is 12.1 Å². The predicted octanol–water partition coefficient (Wildman–Crippen LogP) is 6.08. The zero-order valence-corrected chi connectivity index (χ0v) is 23.3. The van der Waals surface area contributed by atoms with Crippen LogP contribution in [0.2, 0.25) is 10.0 Å². The lowest BCUT2D eigenvalue weighted by molar-refractivity contribution is -0.384. The summed E-state index contributed by atoms with van der Waals surface area (Å²) in [5.41, 5.74) is 1.18. The molecule has 0 spiro atoms. The van der Waals surface area contributed by atoms with Crippen LogP contribution in [0.15, 0.2) is 64.6 Å². The smallest absolute Gasteiger partial charge is 0.270 e. The summed E-state index contributed by atoms with van der Waals surface area (Å²) in [6.45, 7) is 0.112. The number of hydrogen-bond donors (Lipinski definition) is 1. The second kappa shape index (κ2) is 11.5. The van der Waals surface area contributed by atoms with Gasteiger partial charge in [0.1, 0.15) is 12.2 Å². The van der Waals surface area contributed by atoms with Crippen molar-refractivity contribution in [3.63, 3.8) is 0 Å². The molecule has 0 bridgehead atoms. The van der Waals surface area contributed by atoms with Gasteiger partial charge in [-0.2, -0.15) is 0 Å². The van der Waals surface area contributed by atoms with E-state index in [4.69, 9.17) is 44.9 Å². The number of amides is 2. The first-order valence-electron chi connectivity index (χ1n) is 10.7. The normalized spacial score (nSPS) is 14.5. The molecular formula is C25H16BrCl2N3O6S. The summed E-state index contributed by atoms with van der Waals surface area (Å²) in [6.07, 6.45) is 1.39. The summed E-state index contributed by atoms with van der Waals surface area (Å²) < 4.78 is 11.8. The lowest BCUT2D eigenvalue weighted by atomic mass is 10.1. The van der Waals surface area contributed by atoms with Crippen LogP contribution in [0.4, 0.5) is 11.4 Å². The third-order valence-electron chi connectivity index (χ3n) is 5.37. The van der Waals surface area contributed by atoms with Crippen LogP contribution < -0.4 is 19.7 Å². The number of methoxy groups -OCH3 is 1. The zero-order chi connectivity index (χ0) is 27.6. The highest BCUT2D eigenvalue weighted by Crippen LogP contribution is 2.39. The quantitative estimate of drug-likeness (QED) is 0.110. The SMILES string of the molecule is COc1cc(/C=C2\C(=O)NC(=S)N(c3cccc(Cl)c3Cl)C2=O)cc(Br)c1OCc1ccc([N+](=O)[O-])cc1. The molecule has 0 aromatic heterocycles. The van der Waals surface area contributed by atoms with Gasteiger partial charge in [0.05, 0.1) is 32.2 Å². The van der Waals surface area contributed by atoms with E-state index in [0.717, 1.165) is 4.90 Å². The molecule has 1 aliphatic heterocycles. The summed E-state index contributed by atoms with van der Waals surface area (Å²) in [5, 5.41) is 13.6. The highest BCUT2D eigenvalue weighted by molar-refractivity contribution is 9.10. The van der Waals surface area contributed by atoms with Crippen molar-refractivity contribution in [3.8, 4) is 11.5 Å². The minimum absolute atomic E-state index is 0.0249. The van der Waals surface area contributed by atoms with Crippen LogP contribution in [0, 0.1) is 10.1 Å². The Hall–Kier alpha value is -3.51. The van der Waals surface area contributed by atoms with Crippen LogP contribution in [0.3, 0.4) is 0 Å². The number of halogens is 3. The summed E-state index contributed by atoms with van der Waals surface area (Å²) in [5.74, 6) is -0.678. The first kappa shape index (κ1) is 27.5. The molecular weight excluding hydrogens is 621 g/mol. The predicted molar refractivity (Wildman–Crippen MR) is 151 cm³/mol. The van der Waals surface area contributed by atoms with Crippen LogP contribution in [0.5, 0.6) is 11.5 Å². The number of rotatable bonds is 7. The van der Waals surface area contributed by atoms with Gasteiger partial charge in [-0.15, -0.1) is 0 Å². The van der Waals surface area contributed by atoms with Gasteiger partial charge in [0.2, 0.25) is 0 Å². The number of carbonyl (C=O) groups excluding carboxylic acids is 2. The summed E-state index contributed by atoms with van der Waals surface area (Å²) >= 11 is 21.0. The number of carbonyl (C=O) groups is 2. The molecule has 9 nitrogen and oxygen atoms in total. The molecule has 0 unspecified atom stereocenters. The number of ether oxygens (including phenoxy) is 2. The van der Waals surface area contributed by atoms with Crippen LogP contribution in [-0.4, -0.2) is 29.0 Å². The maximum absolute atomic E-state index is 13.3. The molecule has 0 saturated carbocycles. The van der Waals surface area contributed by atoms with Gasteiger partial charge >= 0.3 is 0 Å². The van der Waals surface area contributed by atoms with Crippen molar-refractivity contribution in [2.24, 2.45) is 0 Å². The molecule has 1 heterocycles. The van der Waals surface area contributed by atoms with E-state index in [-0.39, 0.29) is 38.7 Å². The molecule has 0 radical (unpaired) electrons. The fraction of sp³-hybridized carbons (Fsp3) is 0.0800. The number of thiocarbonyl (C=S) groups is 1. The van der Waals surface area contributed by atoms with Gasteiger partial charge in [-0.25, -0.2) is 0 Å². The average Bonchev–Trinajstić information content (AvgIpc) is 2.88. The lowest BCUT2D eigenvalue weighted by Crippen LogP contribution is -2.54. The Bertz CT molecular complexity index is 1510. The monoisotopic (exact) mass is 635 g/mol. The Morgan fingerprint density at radius 2 is 1.87 bits per heavy atom. The maximum atomic E-state index is 13.3. The van der Waals surface area contributed by atoms with Gasteiger partial charge in [-0.05, 0) is 81.7 Å². The Morgan fingerprint density at radius 3 is 2.53 bits per heavy atom. The van der Waals surface area contributed by atoms with Crippen LogP contribution >= 0.6 is 51.3 Å². The van der Waals surface area contributed by atoms with Crippen molar-refractivity contribution in [1.29, 1.82) is 0 Å². The second-order valence-corrected chi connectivity index (χ2v) is 9.80. The second-order valence-electron chi connectivity index (χ2n) is 7.78. The van der Waals surface area contributed by atoms with Crippen molar-refractivity contribution < 1.29 is 24.0 Å². The number of nitrogens with one attached hydrogen (secondary N) is 1. The van der Waals surface area contributed by atoms with Gasteiger partial charge in [-0.3, -0.25) is 29.9 Å². The minimum atomic E-state index is -0.684. The largest absolute Gasteiger partial charge is 0.493 e. The van der Waals surface area contributed by atoms with Gasteiger partial charge < -0.3 is 9.47 Å². The molecule has 0 aliphatic carbocycles. The Kier molecular flexibility index (Phi) is 8.32. The molecule has 3 aromatic carbocycles. The van der Waals surface area contributed by atoms with Crippen molar-refractivity contribution >= 4 is 85.7 Å². The standard InChI is InChI=1S/C25H16BrCl2N3O6S/c1-36-20-11-14(10-17(26)22(20)37-12-13-5-7-15(8-6-13)31(34)35)9-16-23(32)29-25(38)30(24(16)33)19-4-2-3-18(27)21(19)28/h2-11H,12H2,1H3,(H,29,32,38)/b16-9+. The van der Waals surface area contributed by atoms with E-state index in [1.165, 1.54) is 25.3 Å². The number of nitro benzene ring substituents is 1. The summed E-state index contributed by atoms with van der Waals surface area (Å²) in [6, 6.07) is 13.9. The number of nitro groups is 1. The Balaban J connectivity index is 1.63. The van der Waals surface area contributed by atoms with Gasteiger partial charge in [-0.1, -0.05) is 29.3 Å². The molecule has 4 rings (SSSR count). The van der Waals surface area contributed by atoms with Crippen molar-refractivity contribution in [1.82, 2.24) is 5.32 Å². The highest BCUT2D eigenvalue weighted by atomic mass is 79.9. The fourth-order valence-corrected chi connectivity index (χ4v) is 4.77. The third-order valence-corrected chi connectivity index (χ3v) is 7.05. The average molecular weight is 637 g/mol. The molecule has 3 aromatic rings. The molecule has 13 heteroatoms. The molecule has 194 valence electrons. The number of nitrogens with zero attached hydrogens (tertiary/aromatic N) is 2. The zero-order valence-electron chi connectivity index (χ0n) is 19.4. The first-order valence-corrected chi connectivity index (χ1v) is 12.7. The molecule has 38 heavy (non-hydrogen) atoms. The lowest BCUT2D eigenvalue weighted by Gasteiger charge is -2.29. The van der Waals surface area contributed by atoms with Gasteiger partial charge in [0.25, 0.3) is 17.5 Å². The molecule has 1 N–H and O–H groups in total. The van der Waals surface area contributed by atoms with Crippen LogP contribution in [0.25, 0.3) is 6.08 Å².